The lowest BCUT2D eigenvalue weighted by Gasteiger charge is -1.87. The lowest BCUT2D eigenvalue weighted by atomic mass is 10.5. The summed E-state index contributed by atoms with van der Waals surface area (Å²) in [6.07, 6.45) is 1.20. The van der Waals surface area contributed by atoms with Gasteiger partial charge < -0.3 is 4.98 Å². The summed E-state index contributed by atoms with van der Waals surface area (Å²) in [5.41, 5.74) is -0.600. The highest BCUT2D eigenvalue weighted by Gasteiger charge is 1.99. The van der Waals surface area contributed by atoms with E-state index in [9.17, 15) is 9.18 Å². The minimum atomic E-state index is -0.694. The molecule has 48 valence electrons. The molecule has 0 radical (unpaired) electrons. The maximum atomic E-state index is 12.2. The van der Waals surface area contributed by atoms with Crippen LogP contribution in [0.25, 0.3) is 0 Å². The Labute approximate surface area is 55.3 Å². The molecule has 1 N–H and O–H groups in total. The Morgan fingerprint density at radius 2 is 2.33 bits per heavy atom. The van der Waals surface area contributed by atoms with E-state index >= 15 is 0 Å². The average molecular weight is 148 g/mol. The van der Waals surface area contributed by atoms with Crippen LogP contribution < -0.4 is 5.56 Å². The summed E-state index contributed by atoms with van der Waals surface area (Å²) in [5, 5.41) is -0.391. The molecule has 0 spiro atoms. The number of H-pyrrole nitrogens is 1. The minimum absolute atomic E-state index is 0.391. The number of hydrogen-bond acceptors (Lipinski definition) is 1. The van der Waals surface area contributed by atoms with Crippen molar-refractivity contribution >= 4 is 11.6 Å². The van der Waals surface area contributed by atoms with Gasteiger partial charge in [-0.1, -0.05) is 11.6 Å². The van der Waals surface area contributed by atoms with Gasteiger partial charge in [0.2, 0.25) is 0 Å². The molecular weight excluding hydrogens is 145 g/mol. The standard InChI is InChI=1S/C5H3ClFNO/c6-4-3(7)1-2-8-5(4)9/h1-2H,(H,8,9). The van der Waals surface area contributed by atoms with Gasteiger partial charge in [0.05, 0.1) is 0 Å². The molecular formula is C5H3ClFNO. The number of aromatic amines is 1. The molecule has 0 aliphatic rings. The fraction of sp³-hybridized carbons (Fsp3) is 0. The van der Waals surface area contributed by atoms with Crippen molar-refractivity contribution in [1.82, 2.24) is 4.98 Å². The molecule has 9 heavy (non-hydrogen) atoms. The van der Waals surface area contributed by atoms with Crippen LogP contribution in [0.3, 0.4) is 0 Å². The van der Waals surface area contributed by atoms with Crippen LogP contribution >= 0.6 is 11.6 Å². The molecule has 0 atom stereocenters. The Bertz CT molecular complexity index is 270. The third-order valence-electron chi connectivity index (χ3n) is 0.853. The monoisotopic (exact) mass is 147 g/mol. The van der Waals surface area contributed by atoms with Crippen LogP contribution in [0.2, 0.25) is 5.02 Å². The number of halogens is 2. The number of hydrogen-bond donors (Lipinski definition) is 1. The summed E-state index contributed by atoms with van der Waals surface area (Å²) in [5.74, 6) is -0.694. The second-order valence-corrected chi connectivity index (χ2v) is 1.85. The highest BCUT2D eigenvalue weighted by Crippen LogP contribution is 2.04. The van der Waals surface area contributed by atoms with E-state index in [1.54, 1.807) is 0 Å². The quantitative estimate of drug-likeness (QED) is 0.587. The van der Waals surface area contributed by atoms with Gasteiger partial charge in [0, 0.05) is 6.20 Å². The lowest BCUT2D eigenvalue weighted by molar-refractivity contribution is 0.624. The molecule has 1 rings (SSSR count). The molecule has 0 amide bonds. The van der Waals surface area contributed by atoms with Crippen molar-refractivity contribution in [3.8, 4) is 0 Å². The molecule has 0 aromatic carbocycles. The Morgan fingerprint density at radius 1 is 1.67 bits per heavy atom. The van der Waals surface area contributed by atoms with Gasteiger partial charge in [-0.25, -0.2) is 4.39 Å². The van der Waals surface area contributed by atoms with Gasteiger partial charge in [0.1, 0.15) is 10.8 Å². The maximum Gasteiger partial charge on any atom is 0.269 e. The zero-order valence-corrected chi connectivity index (χ0v) is 5.07. The summed E-state index contributed by atoms with van der Waals surface area (Å²) in [4.78, 5) is 12.6. The normalized spacial score (nSPS) is 9.56. The van der Waals surface area contributed by atoms with Gasteiger partial charge in [-0.2, -0.15) is 0 Å². The topological polar surface area (TPSA) is 32.9 Å². The number of aromatic nitrogens is 1. The zero-order chi connectivity index (χ0) is 6.85. The Balaban J connectivity index is 3.43. The third-order valence-corrected chi connectivity index (χ3v) is 1.21. The summed E-state index contributed by atoms with van der Waals surface area (Å²) >= 11 is 5.16. The van der Waals surface area contributed by atoms with Gasteiger partial charge in [-0.15, -0.1) is 0 Å². The minimum Gasteiger partial charge on any atom is -0.328 e. The molecule has 0 unspecified atom stereocenters. The van der Waals surface area contributed by atoms with Crippen LogP contribution in [-0.2, 0) is 0 Å². The molecule has 0 saturated heterocycles. The van der Waals surface area contributed by atoms with Crippen LogP contribution in [0, 0.1) is 5.82 Å². The van der Waals surface area contributed by atoms with Crippen molar-refractivity contribution < 1.29 is 4.39 Å². The second-order valence-electron chi connectivity index (χ2n) is 1.47. The largest absolute Gasteiger partial charge is 0.328 e. The van der Waals surface area contributed by atoms with E-state index in [0.29, 0.717) is 0 Å². The highest BCUT2D eigenvalue weighted by atomic mass is 35.5. The Kier molecular flexibility index (Phi) is 1.53. The van der Waals surface area contributed by atoms with Crippen LogP contribution in [-0.4, -0.2) is 4.98 Å². The van der Waals surface area contributed by atoms with Crippen molar-refractivity contribution in [3.63, 3.8) is 0 Å². The van der Waals surface area contributed by atoms with Crippen molar-refractivity contribution in [2.24, 2.45) is 0 Å². The molecule has 0 saturated carbocycles. The van der Waals surface area contributed by atoms with Gasteiger partial charge in [0.25, 0.3) is 5.56 Å². The average Bonchev–Trinajstić information content (AvgIpc) is 1.83. The van der Waals surface area contributed by atoms with Crippen LogP contribution in [0.1, 0.15) is 0 Å². The van der Waals surface area contributed by atoms with Gasteiger partial charge in [-0.05, 0) is 6.07 Å². The van der Waals surface area contributed by atoms with Crippen molar-refractivity contribution in [2.75, 3.05) is 0 Å². The van der Waals surface area contributed by atoms with Crippen LogP contribution in [0.5, 0.6) is 0 Å². The molecule has 0 aliphatic heterocycles. The Hall–Kier alpha value is -0.830. The molecule has 1 aromatic heterocycles. The first-order valence-electron chi connectivity index (χ1n) is 2.24. The number of nitrogens with one attached hydrogen (secondary N) is 1. The Morgan fingerprint density at radius 3 is 2.78 bits per heavy atom. The first kappa shape index (κ1) is 6.29. The predicted octanol–water partition coefficient (Wildman–Crippen LogP) is 1.17. The van der Waals surface area contributed by atoms with E-state index in [0.717, 1.165) is 6.07 Å². The number of rotatable bonds is 0. The molecule has 0 fully saturated rings. The first-order valence-corrected chi connectivity index (χ1v) is 2.62. The van der Waals surface area contributed by atoms with Crippen molar-refractivity contribution in [2.45, 2.75) is 0 Å². The van der Waals surface area contributed by atoms with Crippen LogP contribution in [0.4, 0.5) is 4.39 Å². The zero-order valence-electron chi connectivity index (χ0n) is 4.32. The smallest absolute Gasteiger partial charge is 0.269 e. The molecule has 4 heteroatoms. The van der Waals surface area contributed by atoms with E-state index in [4.69, 9.17) is 11.6 Å². The van der Waals surface area contributed by atoms with Crippen molar-refractivity contribution in [1.29, 1.82) is 0 Å². The van der Waals surface area contributed by atoms with Gasteiger partial charge in [-0.3, -0.25) is 4.79 Å². The molecule has 2 nitrogen and oxygen atoms in total. The summed E-state index contributed by atoms with van der Waals surface area (Å²) in [6.45, 7) is 0. The van der Waals surface area contributed by atoms with Gasteiger partial charge in [0.15, 0.2) is 0 Å². The highest BCUT2D eigenvalue weighted by molar-refractivity contribution is 6.30. The number of pyridine rings is 1. The van der Waals surface area contributed by atoms with Crippen molar-refractivity contribution in [3.05, 3.63) is 33.5 Å². The fourth-order valence-corrected chi connectivity index (χ4v) is 0.553. The van der Waals surface area contributed by atoms with Gasteiger partial charge >= 0.3 is 0 Å². The lowest BCUT2D eigenvalue weighted by Crippen LogP contribution is -2.05. The maximum absolute atomic E-state index is 12.2. The predicted molar refractivity (Wildman–Crippen MR) is 32.0 cm³/mol. The van der Waals surface area contributed by atoms with E-state index in [1.165, 1.54) is 6.20 Å². The van der Waals surface area contributed by atoms with E-state index in [1.807, 2.05) is 0 Å². The van der Waals surface area contributed by atoms with E-state index in [2.05, 4.69) is 4.98 Å². The fourth-order valence-electron chi connectivity index (χ4n) is 0.436. The summed E-state index contributed by atoms with van der Waals surface area (Å²) in [6, 6.07) is 1.09. The van der Waals surface area contributed by atoms with E-state index < -0.39 is 16.4 Å². The second kappa shape index (κ2) is 2.19. The first-order chi connectivity index (χ1) is 4.22. The van der Waals surface area contributed by atoms with Crippen LogP contribution in [0.15, 0.2) is 17.1 Å². The SMILES string of the molecule is O=c1[nH]ccc(F)c1Cl. The molecule has 1 aromatic rings. The molecule has 1 heterocycles. The summed E-state index contributed by atoms with van der Waals surface area (Å²) in [7, 11) is 0. The van der Waals surface area contributed by atoms with E-state index in [-0.39, 0.29) is 0 Å². The molecule has 0 bridgehead atoms. The summed E-state index contributed by atoms with van der Waals surface area (Å²) < 4.78 is 12.2. The third kappa shape index (κ3) is 1.10. The molecule has 0 aliphatic carbocycles.